The van der Waals surface area contributed by atoms with Crippen molar-refractivity contribution in [3.8, 4) is 0 Å². The zero-order chi connectivity index (χ0) is 4.57. The smallest absolute Gasteiger partial charge is 0.0438 e. The van der Waals surface area contributed by atoms with Gasteiger partial charge in [0.25, 0.3) is 0 Å². The van der Waals surface area contributed by atoms with Crippen LogP contribution in [0.1, 0.15) is 26.7 Å². The summed E-state index contributed by atoms with van der Waals surface area (Å²) in [5, 5.41) is 0. The van der Waals surface area contributed by atoms with Crippen LogP contribution in [0.25, 0.3) is 0 Å². The molecule has 0 heterocycles. The lowest BCUT2D eigenvalue weighted by Crippen LogP contribution is -2.16. The zero-order valence-electron chi connectivity index (χ0n) is 5.07. The van der Waals surface area contributed by atoms with E-state index in [9.17, 15) is 0 Å². The molecule has 0 unspecified atom stereocenters. The molecule has 0 amide bonds. The quantitative estimate of drug-likeness (QED) is 0.440. The SMILES string of the molecule is CC1CC(C)C1.O. The summed E-state index contributed by atoms with van der Waals surface area (Å²) < 4.78 is 0. The van der Waals surface area contributed by atoms with Gasteiger partial charge in [-0.05, 0) is 24.7 Å². The highest BCUT2D eigenvalue weighted by Crippen LogP contribution is 2.31. The summed E-state index contributed by atoms with van der Waals surface area (Å²) in [6.45, 7) is 4.64. The van der Waals surface area contributed by atoms with Crippen LogP contribution in [0.5, 0.6) is 0 Å². The third-order valence-corrected chi connectivity index (χ3v) is 1.61. The van der Waals surface area contributed by atoms with Crippen LogP contribution in [0.4, 0.5) is 0 Å². The maximum Gasteiger partial charge on any atom is -0.0438 e. The number of hydrogen-bond donors (Lipinski definition) is 0. The summed E-state index contributed by atoms with van der Waals surface area (Å²) in [7, 11) is 0. The summed E-state index contributed by atoms with van der Waals surface area (Å²) in [6.07, 6.45) is 2.94. The lowest BCUT2D eigenvalue weighted by Gasteiger charge is -2.28. The molecule has 0 aromatic carbocycles. The Bertz CT molecular complexity index is 40.1. The van der Waals surface area contributed by atoms with Gasteiger partial charge in [-0.1, -0.05) is 13.8 Å². The first kappa shape index (κ1) is 6.96. The molecule has 44 valence electrons. The van der Waals surface area contributed by atoms with E-state index >= 15 is 0 Å². The first-order valence-corrected chi connectivity index (χ1v) is 2.79. The van der Waals surface area contributed by atoms with E-state index in [0.29, 0.717) is 0 Å². The van der Waals surface area contributed by atoms with Gasteiger partial charge in [-0.15, -0.1) is 0 Å². The second-order valence-electron chi connectivity index (χ2n) is 2.68. The standard InChI is InChI=1S/C6H12.H2O/c1-5-3-6(2)4-5;/h5-6H,3-4H2,1-2H3;1H2. The van der Waals surface area contributed by atoms with Crippen LogP contribution in [0.3, 0.4) is 0 Å². The lowest BCUT2D eigenvalue weighted by atomic mass is 9.78. The number of hydrogen-bond acceptors (Lipinski definition) is 0. The van der Waals surface area contributed by atoms with Gasteiger partial charge in [0.2, 0.25) is 0 Å². The molecule has 1 heteroatoms. The second-order valence-corrected chi connectivity index (χ2v) is 2.68. The second kappa shape index (κ2) is 2.31. The maximum atomic E-state index is 2.32. The highest BCUT2D eigenvalue weighted by molar-refractivity contribution is 4.71. The van der Waals surface area contributed by atoms with Crippen LogP contribution < -0.4 is 0 Å². The van der Waals surface area contributed by atoms with E-state index in [0.717, 1.165) is 11.8 Å². The minimum Gasteiger partial charge on any atom is -0.412 e. The van der Waals surface area contributed by atoms with Gasteiger partial charge in [-0.2, -0.15) is 0 Å². The molecule has 0 radical (unpaired) electrons. The lowest BCUT2D eigenvalue weighted by molar-refractivity contribution is 0.233. The fourth-order valence-electron chi connectivity index (χ4n) is 1.30. The van der Waals surface area contributed by atoms with Crippen molar-refractivity contribution in [3.63, 3.8) is 0 Å². The highest BCUT2D eigenvalue weighted by Gasteiger charge is 2.19. The van der Waals surface area contributed by atoms with Crippen LogP contribution >= 0.6 is 0 Å². The predicted octanol–water partition coefficient (Wildman–Crippen LogP) is 1.23. The van der Waals surface area contributed by atoms with E-state index < -0.39 is 0 Å². The Kier molecular flexibility index (Phi) is 2.30. The summed E-state index contributed by atoms with van der Waals surface area (Å²) in [4.78, 5) is 0. The van der Waals surface area contributed by atoms with Gasteiger partial charge >= 0.3 is 0 Å². The fraction of sp³-hybridized carbons (Fsp3) is 1.00. The minimum absolute atomic E-state index is 0. The zero-order valence-corrected chi connectivity index (χ0v) is 5.07. The van der Waals surface area contributed by atoms with Crippen molar-refractivity contribution in [2.45, 2.75) is 26.7 Å². The molecular formula is C6H14O. The van der Waals surface area contributed by atoms with E-state index in [2.05, 4.69) is 13.8 Å². The van der Waals surface area contributed by atoms with Gasteiger partial charge in [-0.3, -0.25) is 0 Å². The Labute approximate surface area is 45.0 Å². The van der Waals surface area contributed by atoms with Crippen molar-refractivity contribution in [2.24, 2.45) is 11.8 Å². The molecule has 2 N–H and O–H groups in total. The van der Waals surface area contributed by atoms with E-state index in [1.165, 1.54) is 12.8 Å². The molecular weight excluding hydrogens is 88.1 g/mol. The Hall–Kier alpha value is -0.0400. The summed E-state index contributed by atoms with van der Waals surface area (Å²) in [5.74, 6) is 2.08. The van der Waals surface area contributed by atoms with Crippen LogP contribution in [0.2, 0.25) is 0 Å². The molecule has 0 aliphatic heterocycles. The predicted molar refractivity (Wildman–Crippen MR) is 31.2 cm³/mol. The van der Waals surface area contributed by atoms with Gasteiger partial charge in [0.05, 0.1) is 0 Å². The molecule has 1 rings (SSSR count). The number of rotatable bonds is 0. The maximum absolute atomic E-state index is 2.32. The van der Waals surface area contributed by atoms with E-state index in [-0.39, 0.29) is 5.48 Å². The molecule has 0 spiro atoms. The first-order chi connectivity index (χ1) is 2.79. The summed E-state index contributed by atoms with van der Waals surface area (Å²) in [6, 6.07) is 0. The summed E-state index contributed by atoms with van der Waals surface area (Å²) >= 11 is 0. The van der Waals surface area contributed by atoms with Crippen molar-refractivity contribution in [3.05, 3.63) is 0 Å². The molecule has 0 atom stereocenters. The fourth-order valence-corrected chi connectivity index (χ4v) is 1.30. The van der Waals surface area contributed by atoms with Crippen molar-refractivity contribution in [1.82, 2.24) is 0 Å². The van der Waals surface area contributed by atoms with E-state index in [4.69, 9.17) is 0 Å². The van der Waals surface area contributed by atoms with Crippen LogP contribution in [-0.4, -0.2) is 5.48 Å². The molecule has 1 aliphatic carbocycles. The molecule has 0 aromatic heterocycles. The normalized spacial score (nSPS) is 38.6. The Morgan fingerprint density at radius 3 is 1.29 bits per heavy atom. The van der Waals surface area contributed by atoms with E-state index in [1.807, 2.05) is 0 Å². The highest BCUT2D eigenvalue weighted by atomic mass is 16.0. The Morgan fingerprint density at radius 1 is 1.00 bits per heavy atom. The molecule has 0 aromatic rings. The van der Waals surface area contributed by atoms with Gasteiger partial charge in [0, 0.05) is 0 Å². The molecule has 0 bridgehead atoms. The van der Waals surface area contributed by atoms with Crippen LogP contribution in [0.15, 0.2) is 0 Å². The van der Waals surface area contributed by atoms with Gasteiger partial charge in [0.15, 0.2) is 0 Å². The van der Waals surface area contributed by atoms with Crippen molar-refractivity contribution < 1.29 is 5.48 Å². The average Bonchev–Trinajstić information content (AvgIpc) is 1.33. The molecule has 1 saturated carbocycles. The van der Waals surface area contributed by atoms with Crippen LogP contribution in [0, 0.1) is 11.8 Å². The Morgan fingerprint density at radius 2 is 1.29 bits per heavy atom. The molecule has 1 fully saturated rings. The van der Waals surface area contributed by atoms with Gasteiger partial charge < -0.3 is 5.48 Å². The van der Waals surface area contributed by atoms with Crippen LogP contribution in [-0.2, 0) is 0 Å². The Balaban J connectivity index is 0.000000360. The average molecular weight is 102 g/mol. The van der Waals surface area contributed by atoms with Crippen molar-refractivity contribution in [1.29, 1.82) is 0 Å². The topological polar surface area (TPSA) is 31.5 Å². The molecule has 0 saturated heterocycles. The van der Waals surface area contributed by atoms with E-state index in [1.54, 1.807) is 0 Å². The third-order valence-electron chi connectivity index (χ3n) is 1.61. The van der Waals surface area contributed by atoms with Gasteiger partial charge in [0.1, 0.15) is 0 Å². The molecule has 1 nitrogen and oxygen atoms in total. The largest absolute Gasteiger partial charge is 0.412 e. The monoisotopic (exact) mass is 102 g/mol. The molecule has 7 heavy (non-hydrogen) atoms. The minimum atomic E-state index is 0. The van der Waals surface area contributed by atoms with Crippen molar-refractivity contribution >= 4 is 0 Å². The van der Waals surface area contributed by atoms with Crippen molar-refractivity contribution in [2.75, 3.05) is 0 Å². The molecule has 1 aliphatic rings. The first-order valence-electron chi connectivity index (χ1n) is 2.79. The third kappa shape index (κ3) is 1.48. The van der Waals surface area contributed by atoms with Gasteiger partial charge in [-0.25, -0.2) is 0 Å². The summed E-state index contributed by atoms with van der Waals surface area (Å²) in [5.41, 5.74) is 0.